The molecule has 1 saturated carbocycles. The fraction of sp³-hybridized carbons (Fsp3) is 0.812. The van der Waals surface area contributed by atoms with E-state index in [4.69, 9.17) is 0 Å². The van der Waals surface area contributed by atoms with Gasteiger partial charge in [-0.25, -0.2) is 4.79 Å². The molecule has 3 rings (SSSR count). The van der Waals surface area contributed by atoms with Gasteiger partial charge in [-0.05, 0) is 38.0 Å². The Balaban J connectivity index is 1.60. The molecule has 4 amide bonds. The summed E-state index contributed by atoms with van der Waals surface area (Å²) in [7, 11) is 0. The van der Waals surface area contributed by atoms with Crippen molar-refractivity contribution in [1.82, 2.24) is 15.1 Å². The van der Waals surface area contributed by atoms with Gasteiger partial charge in [-0.2, -0.15) is 0 Å². The zero-order valence-electron chi connectivity index (χ0n) is 13.1. The summed E-state index contributed by atoms with van der Waals surface area (Å²) < 4.78 is 0. The van der Waals surface area contributed by atoms with E-state index in [2.05, 4.69) is 5.32 Å². The number of urea groups is 1. The average molecular weight is 307 g/mol. The number of piperidine rings is 1. The van der Waals surface area contributed by atoms with Gasteiger partial charge in [0.2, 0.25) is 5.91 Å². The minimum atomic E-state index is -0.415. The van der Waals surface area contributed by atoms with Crippen LogP contribution in [0.25, 0.3) is 0 Å². The molecule has 1 atom stereocenters. The summed E-state index contributed by atoms with van der Waals surface area (Å²) in [6, 6.07) is -0.812. The fourth-order valence-electron chi connectivity index (χ4n) is 3.86. The molecule has 0 aromatic carbocycles. The second kappa shape index (κ2) is 6.67. The van der Waals surface area contributed by atoms with Gasteiger partial charge in [0, 0.05) is 13.1 Å². The highest BCUT2D eigenvalue weighted by molar-refractivity contribution is 6.06. The molecule has 1 aliphatic carbocycles. The van der Waals surface area contributed by atoms with Crippen molar-refractivity contribution in [2.75, 3.05) is 19.6 Å². The SMILES string of the molecule is O=C(CN1C(=O)N[C@H](C2CCCCC2)C1=O)N1CCCCC1. The van der Waals surface area contributed by atoms with Gasteiger partial charge in [-0.15, -0.1) is 0 Å². The Morgan fingerprint density at radius 3 is 2.32 bits per heavy atom. The predicted molar refractivity (Wildman–Crippen MR) is 81.0 cm³/mol. The van der Waals surface area contributed by atoms with Crippen LogP contribution in [0.2, 0.25) is 0 Å². The number of carbonyl (C=O) groups is 3. The van der Waals surface area contributed by atoms with Crippen LogP contribution >= 0.6 is 0 Å². The molecule has 0 aromatic heterocycles. The number of rotatable bonds is 3. The summed E-state index contributed by atoms with van der Waals surface area (Å²) in [5.74, 6) is -0.0740. The van der Waals surface area contributed by atoms with Crippen molar-refractivity contribution in [3.63, 3.8) is 0 Å². The molecule has 122 valence electrons. The highest BCUT2D eigenvalue weighted by Crippen LogP contribution is 2.29. The smallest absolute Gasteiger partial charge is 0.325 e. The van der Waals surface area contributed by atoms with Gasteiger partial charge in [0.1, 0.15) is 12.6 Å². The van der Waals surface area contributed by atoms with E-state index in [0.29, 0.717) is 0 Å². The van der Waals surface area contributed by atoms with Crippen molar-refractivity contribution in [2.24, 2.45) is 5.92 Å². The van der Waals surface area contributed by atoms with Gasteiger partial charge in [-0.1, -0.05) is 19.3 Å². The quantitative estimate of drug-likeness (QED) is 0.803. The van der Waals surface area contributed by atoms with E-state index < -0.39 is 12.1 Å². The Labute approximate surface area is 131 Å². The first-order valence-corrected chi connectivity index (χ1v) is 8.56. The molecular formula is C16H25N3O3. The Kier molecular flexibility index (Phi) is 4.64. The molecule has 0 radical (unpaired) electrons. The number of hydrogen-bond acceptors (Lipinski definition) is 3. The van der Waals surface area contributed by atoms with E-state index in [-0.39, 0.29) is 24.3 Å². The summed E-state index contributed by atoms with van der Waals surface area (Å²) in [5.41, 5.74) is 0. The van der Waals surface area contributed by atoms with Crippen LogP contribution in [0.5, 0.6) is 0 Å². The molecule has 3 aliphatic rings. The molecular weight excluding hydrogens is 282 g/mol. The third-order valence-corrected chi connectivity index (χ3v) is 5.18. The lowest BCUT2D eigenvalue weighted by atomic mass is 9.84. The van der Waals surface area contributed by atoms with E-state index in [1.54, 1.807) is 4.90 Å². The minimum Gasteiger partial charge on any atom is -0.341 e. The van der Waals surface area contributed by atoms with E-state index >= 15 is 0 Å². The molecule has 2 heterocycles. The Hall–Kier alpha value is -1.59. The van der Waals surface area contributed by atoms with E-state index in [0.717, 1.165) is 62.9 Å². The predicted octanol–water partition coefficient (Wildman–Crippen LogP) is 1.50. The number of amides is 4. The van der Waals surface area contributed by atoms with Gasteiger partial charge in [0.25, 0.3) is 5.91 Å². The maximum absolute atomic E-state index is 12.5. The lowest BCUT2D eigenvalue weighted by Crippen LogP contribution is -2.45. The lowest BCUT2D eigenvalue weighted by Gasteiger charge is -2.28. The van der Waals surface area contributed by atoms with Gasteiger partial charge < -0.3 is 10.2 Å². The standard InChI is InChI=1S/C16H25N3O3/c20-13(18-9-5-2-6-10-18)11-19-15(21)14(17-16(19)22)12-7-3-1-4-8-12/h12,14H,1-11H2,(H,17,22)/t14-/m1/s1. The molecule has 2 aliphatic heterocycles. The fourth-order valence-corrected chi connectivity index (χ4v) is 3.86. The summed E-state index contributed by atoms with van der Waals surface area (Å²) in [6.45, 7) is 1.39. The Bertz CT molecular complexity index is 454. The lowest BCUT2D eigenvalue weighted by molar-refractivity contribution is -0.138. The molecule has 22 heavy (non-hydrogen) atoms. The molecule has 0 bridgehead atoms. The molecule has 0 aromatic rings. The number of nitrogens with zero attached hydrogens (tertiary/aromatic N) is 2. The van der Waals surface area contributed by atoms with Crippen molar-refractivity contribution in [2.45, 2.75) is 57.4 Å². The summed E-state index contributed by atoms with van der Waals surface area (Å²) in [5, 5.41) is 2.80. The first-order valence-electron chi connectivity index (χ1n) is 8.56. The molecule has 0 spiro atoms. The van der Waals surface area contributed by atoms with Crippen molar-refractivity contribution < 1.29 is 14.4 Å². The van der Waals surface area contributed by atoms with Crippen LogP contribution < -0.4 is 5.32 Å². The molecule has 3 fully saturated rings. The van der Waals surface area contributed by atoms with Crippen molar-refractivity contribution in [3.05, 3.63) is 0 Å². The summed E-state index contributed by atoms with van der Waals surface area (Å²) in [6.07, 6.45) is 8.61. The zero-order chi connectivity index (χ0) is 15.5. The van der Waals surface area contributed by atoms with Gasteiger partial charge >= 0.3 is 6.03 Å². The molecule has 6 heteroatoms. The number of likely N-dealkylation sites (tertiary alicyclic amines) is 1. The van der Waals surface area contributed by atoms with Crippen LogP contribution in [0.4, 0.5) is 4.79 Å². The minimum absolute atomic E-state index is 0.103. The van der Waals surface area contributed by atoms with E-state index in [1.165, 1.54) is 6.42 Å². The van der Waals surface area contributed by atoms with Gasteiger partial charge in [0.05, 0.1) is 0 Å². The van der Waals surface area contributed by atoms with Crippen LogP contribution in [-0.4, -0.2) is 53.3 Å². The molecule has 6 nitrogen and oxygen atoms in total. The van der Waals surface area contributed by atoms with Crippen molar-refractivity contribution >= 4 is 17.8 Å². The highest BCUT2D eigenvalue weighted by Gasteiger charge is 2.43. The summed E-state index contributed by atoms with van der Waals surface area (Å²) in [4.78, 5) is 39.8. The number of hydrogen-bond donors (Lipinski definition) is 1. The number of imide groups is 1. The number of nitrogens with one attached hydrogen (secondary N) is 1. The first kappa shape index (κ1) is 15.3. The van der Waals surface area contributed by atoms with E-state index in [9.17, 15) is 14.4 Å². The van der Waals surface area contributed by atoms with Crippen LogP contribution in [0.3, 0.4) is 0 Å². The van der Waals surface area contributed by atoms with Crippen molar-refractivity contribution in [3.8, 4) is 0 Å². The maximum atomic E-state index is 12.5. The maximum Gasteiger partial charge on any atom is 0.325 e. The van der Waals surface area contributed by atoms with Crippen LogP contribution in [0.1, 0.15) is 51.4 Å². The van der Waals surface area contributed by atoms with E-state index in [1.807, 2.05) is 0 Å². The van der Waals surface area contributed by atoms with Gasteiger partial charge in [-0.3, -0.25) is 14.5 Å². The second-order valence-corrected chi connectivity index (χ2v) is 6.69. The topological polar surface area (TPSA) is 69.7 Å². The van der Waals surface area contributed by atoms with Crippen molar-refractivity contribution in [1.29, 1.82) is 0 Å². The van der Waals surface area contributed by atoms with Crippen LogP contribution in [0.15, 0.2) is 0 Å². The zero-order valence-corrected chi connectivity index (χ0v) is 13.1. The molecule has 2 saturated heterocycles. The highest BCUT2D eigenvalue weighted by atomic mass is 16.2. The largest absolute Gasteiger partial charge is 0.341 e. The molecule has 0 unspecified atom stereocenters. The number of carbonyl (C=O) groups excluding carboxylic acids is 3. The third kappa shape index (κ3) is 3.10. The second-order valence-electron chi connectivity index (χ2n) is 6.69. The average Bonchev–Trinajstić information content (AvgIpc) is 2.84. The van der Waals surface area contributed by atoms with Crippen LogP contribution in [-0.2, 0) is 9.59 Å². The first-order chi connectivity index (χ1) is 10.7. The monoisotopic (exact) mass is 307 g/mol. The Morgan fingerprint density at radius 1 is 1.00 bits per heavy atom. The summed E-state index contributed by atoms with van der Waals surface area (Å²) >= 11 is 0. The normalized spacial score (nSPS) is 27.2. The van der Waals surface area contributed by atoms with Gasteiger partial charge in [0.15, 0.2) is 0 Å². The third-order valence-electron chi connectivity index (χ3n) is 5.18. The Morgan fingerprint density at radius 2 is 1.64 bits per heavy atom. The van der Waals surface area contributed by atoms with Crippen LogP contribution in [0, 0.1) is 5.92 Å². The molecule has 1 N–H and O–H groups in total.